The van der Waals surface area contributed by atoms with E-state index >= 15 is 0 Å². The quantitative estimate of drug-likeness (QED) is 0.774. The molecule has 94 valence electrons. The van der Waals surface area contributed by atoms with E-state index in [1.807, 2.05) is 32.0 Å². The summed E-state index contributed by atoms with van der Waals surface area (Å²) in [5.41, 5.74) is 0.676. The van der Waals surface area contributed by atoms with Crippen molar-refractivity contribution in [3.63, 3.8) is 0 Å². The van der Waals surface area contributed by atoms with Crippen molar-refractivity contribution in [2.45, 2.75) is 20.3 Å². The van der Waals surface area contributed by atoms with Crippen LogP contribution in [0.1, 0.15) is 20.3 Å². The first-order chi connectivity index (χ1) is 8.19. The van der Waals surface area contributed by atoms with Crippen molar-refractivity contribution in [2.24, 2.45) is 5.92 Å². The van der Waals surface area contributed by atoms with E-state index in [0.717, 1.165) is 6.42 Å². The summed E-state index contributed by atoms with van der Waals surface area (Å²) in [7, 11) is 1.56. The third kappa shape index (κ3) is 4.07. The molecule has 0 aromatic heterocycles. The van der Waals surface area contributed by atoms with Gasteiger partial charge in [-0.1, -0.05) is 26.0 Å². The van der Waals surface area contributed by atoms with Gasteiger partial charge in [0.1, 0.15) is 5.75 Å². The minimum Gasteiger partial charge on any atom is -0.465 e. The lowest BCUT2D eigenvalue weighted by Crippen LogP contribution is -2.20. The van der Waals surface area contributed by atoms with E-state index in [2.05, 4.69) is 5.32 Å². The summed E-state index contributed by atoms with van der Waals surface area (Å²) >= 11 is 0. The van der Waals surface area contributed by atoms with Crippen LogP contribution in [-0.4, -0.2) is 19.8 Å². The molecule has 1 N–H and O–H groups in total. The number of nitrogens with one attached hydrogen (secondary N) is 1. The highest BCUT2D eigenvalue weighted by molar-refractivity contribution is 5.93. The standard InChI is InChI=1S/C13H19NO3/c1-4-10(2)13(15)14-11-7-5-6-8-12(11)17-9-16-3/h5-8,10H,4,9H2,1-3H3,(H,14,15). The molecule has 17 heavy (non-hydrogen) atoms. The molecule has 1 unspecified atom stereocenters. The molecule has 1 aromatic carbocycles. The summed E-state index contributed by atoms with van der Waals surface area (Å²) in [4.78, 5) is 11.8. The van der Waals surface area contributed by atoms with Crippen molar-refractivity contribution in [3.05, 3.63) is 24.3 Å². The van der Waals surface area contributed by atoms with Crippen LogP contribution >= 0.6 is 0 Å². The Morgan fingerprint density at radius 2 is 2.12 bits per heavy atom. The maximum absolute atomic E-state index is 11.8. The van der Waals surface area contributed by atoms with Gasteiger partial charge in [0.25, 0.3) is 0 Å². The first-order valence-corrected chi connectivity index (χ1v) is 5.70. The van der Waals surface area contributed by atoms with Gasteiger partial charge in [-0.25, -0.2) is 0 Å². The number of para-hydroxylation sites is 2. The van der Waals surface area contributed by atoms with E-state index in [1.165, 1.54) is 0 Å². The second-order valence-electron chi connectivity index (χ2n) is 3.85. The predicted molar refractivity (Wildman–Crippen MR) is 67.0 cm³/mol. The van der Waals surface area contributed by atoms with Gasteiger partial charge in [-0.3, -0.25) is 4.79 Å². The molecule has 4 heteroatoms. The van der Waals surface area contributed by atoms with Gasteiger partial charge < -0.3 is 14.8 Å². The maximum atomic E-state index is 11.8. The van der Waals surface area contributed by atoms with E-state index in [1.54, 1.807) is 13.2 Å². The topological polar surface area (TPSA) is 47.6 Å². The van der Waals surface area contributed by atoms with Crippen LogP contribution in [0.2, 0.25) is 0 Å². The lowest BCUT2D eigenvalue weighted by molar-refractivity contribution is -0.119. The highest BCUT2D eigenvalue weighted by Crippen LogP contribution is 2.24. The van der Waals surface area contributed by atoms with Crippen LogP contribution in [0, 0.1) is 5.92 Å². The summed E-state index contributed by atoms with van der Waals surface area (Å²) in [5, 5.41) is 2.85. The van der Waals surface area contributed by atoms with Gasteiger partial charge in [0.15, 0.2) is 6.79 Å². The minimum absolute atomic E-state index is 0.000895. The third-order valence-electron chi connectivity index (χ3n) is 2.54. The molecular formula is C13H19NO3. The van der Waals surface area contributed by atoms with Crippen LogP contribution in [0.25, 0.3) is 0 Å². The second-order valence-corrected chi connectivity index (χ2v) is 3.85. The average Bonchev–Trinajstić information content (AvgIpc) is 2.36. The van der Waals surface area contributed by atoms with Crippen molar-refractivity contribution < 1.29 is 14.3 Å². The number of carbonyl (C=O) groups is 1. The Balaban J connectivity index is 2.72. The maximum Gasteiger partial charge on any atom is 0.227 e. The van der Waals surface area contributed by atoms with Crippen molar-refractivity contribution >= 4 is 11.6 Å². The number of anilines is 1. The zero-order valence-corrected chi connectivity index (χ0v) is 10.5. The second kappa shape index (κ2) is 6.91. The lowest BCUT2D eigenvalue weighted by atomic mass is 10.1. The van der Waals surface area contributed by atoms with Crippen LogP contribution < -0.4 is 10.1 Å². The molecule has 1 aromatic rings. The zero-order chi connectivity index (χ0) is 12.7. The number of rotatable bonds is 6. The zero-order valence-electron chi connectivity index (χ0n) is 10.5. The number of hydrogen-bond donors (Lipinski definition) is 1. The monoisotopic (exact) mass is 237 g/mol. The van der Waals surface area contributed by atoms with Crippen molar-refractivity contribution in [1.29, 1.82) is 0 Å². The minimum atomic E-state index is -0.00881. The molecule has 0 saturated carbocycles. The van der Waals surface area contributed by atoms with E-state index in [4.69, 9.17) is 9.47 Å². The molecule has 0 spiro atoms. The molecule has 0 radical (unpaired) electrons. The Bertz CT molecular complexity index is 365. The number of ether oxygens (including phenoxy) is 2. The van der Waals surface area contributed by atoms with Crippen LogP contribution in [0.3, 0.4) is 0 Å². The van der Waals surface area contributed by atoms with Crippen LogP contribution in [-0.2, 0) is 9.53 Å². The molecule has 4 nitrogen and oxygen atoms in total. The fraction of sp³-hybridized carbons (Fsp3) is 0.462. The summed E-state index contributed by atoms with van der Waals surface area (Å²) < 4.78 is 10.2. The molecule has 0 aliphatic rings. The Morgan fingerprint density at radius 3 is 2.76 bits per heavy atom. The number of methoxy groups -OCH3 is 1. The number of amides is 1. The van der Waals surface area contributed by atoms with Crippen molar-refractivity contribution in [1.82, 2.24) is 0 Å². The highest BCUT2D eigenvalue weighted by atomic mass is 16.7. The van der Waals surface area contributed by atoms with Crippen LogP contribution in [0.4, 0.5) is 5.69 Å². The van der Waals surface area contributed by atoms with Gasteiger partial charge in [0, 0.05) is 13.0 Å². The van der Waals surface area contributed by atoms with Gasteiger partial charge in [0.05, 0.1) is 5.69 Å². The van der Waals surface area contributed by atoms with E-state index in [0.29, 0.717) is 11.4 Å². The molecule has 1 amide bonds. The summed E-state index contributed by atoms with van der Waals surface area (Å²) in [6.07, 6.45) is 0.812. The van der Waals surface area contributed by atoms with Crippen molar-refractivity contribution in [2.75, 3.05) is 19.2 Å². The number of hydrogen-bond acceptors (Lipinski definition) is 3. The Kier molecular flexibility index (Phi) is 5.49. The number of carbonyl (C=O) groups excluding carboxylic acids is 1. The molecule has 1 rings (SSSR count). The molecule has 0 aliphatic carbocycles. The summed E-state index contributed by atoms with van der Waals surface area (Å²) in [6.45, 7) is 4.04. The molecule has 0 saturated heterocycles. The highest BCUT2D eigenvalue weighted by Gasteiger charge is 2.12. The molecule has 1 atom stereocenters. The Labute approximate surface area is 102 Å². The predicted octanol–water partition coefficient (Wildman–Crippen LogP) is 2.65. The first kappa shape index (κ1) is 13.5. The van der Waals surface area contributed by atoms with Gasteiger partial charge >= 0.3 is 0 Å². The van der Waals surface area contributed by atoms with E-state index in [9.17, 15) is 4.79 Å². The van der Waals surface area contributed by atoms with Gasteiger partial charge in [-0.05, 0) is 18.6 Å². The SMILES string of the molecule is CCC(C)C(=O)Nc1ccccc1OCOC. The van der Waals surface area contributed by atoms with Gasteiger partial charge in [-0.2, -0.15) is 0 Å². The smallest absolute Gasteiger partial charge is 0.227 e. The molecular weight excluding hydrogens is 218 g/mol. The normalized spacial score (nSPS) is 11.9. The van der Waals surface area contributed by atoms with Gasteiger partial charge in [-0.15, -0.1) is 0 Å². The fourth-order valence-corrected chi connectivity index (χ4v) is 1.26. The first-order valence-electron chi connectivity index (χ1n) is 5.70. The molecule has 0 bridgehead atoms. The van der Waals surface area contributed by atoms with Crippen LogP contribution in [0.5, 0.6) is 5.75 Å². The molecule has 0 aliphatic heterocycles. The lowest BCUT2D eigenvalue weighted by Gasteiger charge is -2.13. The number of benzene rings is 1. The fourth-order valence-electron chi connectivity index (χ4n) is 1.26. The largest absolute Gasteiger partial charge is 0.465 e. The van der Waals surface area contributed by atoms with Crippen molar-refractivity contribution in [3.8, 4) is 5.75 Å². The summed E-state index contributed by atoms with van der Waals surface area (Å²) in [5.74, 6) is 0.609. The molecule has 0 fully saturated rings. The van der Waals surface area contributed by atoms with E-state index < -0.39 is 0 Å². The Hall–Kier alpha value is -1.55. The van der Waals surface area contributed by atoms with Gasteiger partial charge in [0.2, 0.25) is 5.91 Å². The average molecular weight is 237 g/mol. The Morgan fingerprint density at radius 1 is 1.41 bits per heavy atom. The molecule has 0 heterocycles. The van der Waals surface area contributed by atoms with E-state index in [-0.39, 0.29) is 18.6 Å². The summed E-state index contributed by atoms with van der Waals surface area (Å²) in [6, 6.07) is 7.31. The third-order valence-corrected chi connectivity index (χ3v) is 2.54. The van der Waals surface area contributed by atoms with Crippen LogP contribution in [0.15, 0.2) is 24.3 Å².